The molecule has 13 heavy (non-hydrogen) atoms. The molecule has 0 spiro atoms. The van der Waals surface area contributed by atoms with Crippen LogP contribution in [0.1, 0.15) is 20.8 Å². The maximum Gasteiger partial charge on any atom is 0.236 e. The third kappa shape index (κ3) is 2.68. The van der Waals surface area contributed by atoms with E-state index in [4.69, 9.17) is 4.74 Å². The van der Waals surface area contributed by atoms with Gasteiger partial charge in [-0.2, -0.15) is 0 Å². The van der Waals surface area contributed by atoms with Gasteiger partial charge in [0.25, 0.3) is 0 Å². The zero-order valence-corrected chi connectivity index (χ0v) is 9.87. The van der Waals surface area contributed by atoms with Crippen LogP contribution in [0.3, 0.4) is 0 Å². The molecule has 1 saturated heterocycles. The van der Waals surface area contributed by atoms with Crippen molar-refractivity contribution in [3.63, 3.8) is 0 Å². The molecule has 3 unspecified atom stereocenters. The number of alkyl halides is 1. The second-order valence-corrected chi connectivity index (χ2v) is 4.97. The highest BCUT2D eigenvalue weighted by molar-refractivity contribution is 9.10. The Morgan fingerprint density at radius 3 is 2.77 bits per heavy atom. The average Bonchev–Trinajstić information content (AvgIpc) is 2.08. The van der Waals surface area contributed by atoms with Gasteiger partial charge >= 0.3 is 0 Å². The van der Waals surface area contributed by atoms with Crippen molar-refractivity contribution in [1.29, 1.82) is 0 Å². The van der Waals surface area contributed by atoms with Crippen LogP contribution in [0.4, 0.5) is 0 Å². The lowest BCUT2D eigenvalue weighted by Gasteiger charge is -2.37. The summed E-state index contributed by atoms with van der Waals surface area (Å²) >= 11 is 3.29. The molecule has 0 aromatic carbocycles. The second kappa shape index (κ2) is 4.42. The molecule has 1 aliphatic rings. The molecule has 4 heteroatoms. The zero-order valence-electron chi connectivity index (χ0n) is 8.29. The predicted molar refractivity (Wildman–Crippen MR) is 55.0 cm³/mol. The first-order chi connectivity index (χ1) is 6.02. The summed E-state index contributed by atoms with van der Waals surface area (Å²) in [5.41, 5.74) is 0. The average molecular weight is 250 g/mol. The molecule has 76 valence electrons. The molecule has 0 N–H and O–H groups in total. The minimum Gasteiger partial charge on any atom is -0.375 e. The fraction of sp³-hybridized carbons (Fsp3) is 0.889. The molecule has 0 aromatic rings. The zero-order chi connectivity index (χ0) is 10.0. The molecule has 1 amide bonds. The number of carbonyl (C=O) groups excluding carboxylic acids is 1. The predicted octanol–water partition coefficient (Wildman–Crippen LogP) is 1.41. The van der Waals surface area contributed by atoms with E-state index in [1.165, 1.54) is 0 Å². The number of ether oxygens (including phenoxy) is 1. The van der Waals surface area contributed by atoms with Crippen LogP contribution in [0.15, 0.2) is 0 Å². The van der Waals surface area contributed by atoms with E-state index in [9.17, 15) is 4.79 Å². The monoisotopic (exact) mass is 249 g/mol. The molecular weight excluding hydrogens is 234 g/mol. The number of hydrogen-bond donors (Lipinski definition) is 0. The standard InChI is InChI=1S/C9H16BrNO2/c1-6-5-13-7(2)4-11(6)9(12)8(3)10/h6-8H,4-5H2,1-3H3. The van der Waals surface area contributed by atoms with E-state index < -0.39 is 0 Å². The molecule has 0 aliphatic carbocycles. The van der Waals surface area contributed by atoms with Gasteiger partial charge in [0.05, 0.1) is 23.6 Å². The van der Waals surface area contributed by atoms with Gasteiger partial charge < -0.3 is 9.64 Å². The van der Waals surface area contributed by atoms with E-state index in [0.717, 1.165) is 0 Å². The lowest BCUT2D eigenvalue weighted by molar-refractivity contribution is -0.142. The highest BCUT2D eigenvalue weighted by atomic mass is 79.9. The molecule has 1 fully saturated rings. The van der Waals surface area contributed by atoms with E-state index >= 15 is 0 Å². The van der Waals surface area contributed by atoms with Gasteiger partial charge in [0.15, 0.2) is 0 Å². The van der Waals surface area contributed by atoms with Crippen molar-refractivity contribution in [2.24, 2.45) is 0 Å². The Hall–Kier alpha value is -0.0900. The summed E-state index contributed by atoms with van der Waals surface area (Å²) in [6.45, 7) is 7.21. The van der Waals surface area contributed by atoms with Gasteiger partial charge in [0, 0.05) is 6.54 Å². The highest BCUT2D eigenvalue weighted by Gasteiger charge is 2.29. The number of amides is 1. The van der Waals surface area contributed by atoms with Crippen LogP contribution in [0.2, 0.25) is 0 Å². The molecule has 0 aromatic heterocycles. The lowest BCUT2D eigenvalue weighted by Crippen LogP contribution is -2.52. The van der Waals surface area contributed by atoms with Crippen LogP contribution in [0, 0.1) is 0 Å². The minimum absolute atomic E-state index is 0.0970. The summed E-state index contributed by atoms with van der Waals surface area (Å²) < 4.78 is 5.44. The molecule has 1 heterocycles. The van der Waals surface area contributed by atoms with Crippen molar-refractivity contribution in [1.82, 2.24) is 4.90 Å². The summed E-state index contributed by atoms with van der Waals surface area (Å²) in [5, 5.41) is 0. The van der Waals surface area contributed by atoms with Gasteiger partial charge in [0.1, 0.15) is 0 Å². The number of morpholine rings is 1. The van der Waals surface area contributed by atoms with Gasteiger partial charge in [-0.1, -0.05) is 15.9 Å². The number of halogens is 1. The maximum absolute atomic E-state index is 11.7. The Labute approximate surface area is 87.6 Å². The van der Waals surface area contributed by atoms with Crippen LogP contribution in [-0.4, -0.2) is 40.9 Å². The van der Waals surface area contributed by atoms with Crippen molar-refractivity contribution in [2.75, 3.05) is 13.2 Å². The van der Waals surface area contributed by atoms with E-state index in [1.54, 1.807) is 0 Å². The summed E-state index contributed by atoms with van der Waals surface area (Å²) in [7, 11) is 0. The largest absolute Gasteiger partial charge is 0.375 e. The number of nitrogens with zero attached hydrogens (tertiary/aromatic N) is 1. The Morgan fingerprint density at radius 2 is 2.23 bits per heavy atom. The van der Waals surface area contributed by atoms with Crippen LogP contribution in [-0.2, 0) is 9.53 Å². The Bertz CT molecular complexity index is 196. The van der Waals surface area contributed by atoms with Crippen LogP contribution in [0.5, 0.6) is 0 Å². The smallest absolute Gasteiger partial charge is 0.236 e. The molecule has 3 nitrogen and oxygen atoms in total. The van der Waals surface area contributed by atoms with Crippen molar-refractivity contribution >= 4 is 21.8 Å². The molecule has 0 saturated carbocycles. The quantitative estimate of drug-likeness (QED) is 0.658. The van der Waals surface area contributed by atoms with Crippen molar-refractivity contribution in [3.8, 4) is 0 Å². The number of hydrogen-bond acceptors (Lipinski definition) is 2. The molecule has 1 aliphatic heterocycles. The number of carbonyl (C=O) groups is 1. The molecule has 1 rings (SSSR count). The van der Waals surface area contributed by atoms with Crippen LogP contribution >= 0.6 is 15.9 Å². The first-order valence-corrected chi connectivity index (χ1v) is 5.50. The highest BCUT2D eigenvalue weighted by Crippen LogP contribution is 2.14. The van der Waals surface area contributed by atoms with E-state index in [-0.39, 0.29) is 22.9 Å². The Morgan fingerprint density at radius 1 is 1.62 bits per heavy atom. The minimum atomic E-state index is -0.0970. The van der Waals surface area contributed by atoms with E-state index in [0.29, 0.717) is 13.2 Å². The first kappa shape index (κ1) is 11.0. The van der Waals surface area contributed by atoms with Crippen LogP contribution < -0.4 is 0 Å². The molecular formula is C9H16BrNO2. The Balaban J connectivity index is 2.60. The third-order valence-corrected chi connectivity index (χ3v) is 2.62. The van der Waals surface area contributed by atoms with Gasteiger partial charge in [-0.25, -0.2) is 0 Å². The van der Waals surface area contributed by atoms with Gasteiger partial charge in [-0.3, -0.25) is 4.79 Å². The van der Waals surface area contributed by atoms with Crippen LogP contribution in [0.25, 0.3) is 0 Å². The van der Waals surface area contributed by atoms with Crippen molar-refractivity contribution < 1.29 is 9.53 Å². The lowest BCUT2D eigenvalue weighted by atomic mass is 10.2. The first-order valence-electron chi connectivity index (χ1n) is 4.58. The fourth-order valence-electron chi connectivity index (χ4n) is 1.44. The van der Waals surface area contributed by atoms with Crippen molar-refractivity contribution in [3.05, 3.63) is 0 Å². The maximum atomic E-state index is 11.7. The summed E-state index contributed by atoms with van der Waals surface area (Å²) in [5.74, 6) is 0.155. The van der Waals surface area contributed by atoms with Gasteiger partial charge in [-0.15, -0.1) is 0 Å². The third-order valence-electron chi connectivity index (χ3n) is 2.23. The van der Waals surface area contributed by atoms with Crippen molar-refractivity contribution in [2.45, 2.75) is 37.7 Å². The second-order valence-electron chi connectivity index (χ2n) is 3.60. The normalized spacial score (nSPS) is 31.5. The fourth-order valence-corrected chi connectivity index (χ4v) is 1.70. The van der Waals surface area contributed by atoms with E-state index in [1.807, 2.05) is 25.7 Å². The van der Waals surface area contributed by atoms with E-state index in [2.05, 4.69) is 15.9 Å². The number of rotatable bonds is 1. The Kier molecular flexibility index (Phi) is 3.74. The topological polar surface area (TPSA) is 29.5 Å². The van der Waals surface area contributed by atoms with Gasteiger partial charge in [-0.05, 0) is 20.8 Å². The SMILES string of the molecule is CC1CN(C(=O)C(C)Br)C(C)CO1. The summed E-state index contributed by atoms with van der Waals surface area (Å²) in [6.07, 6.45) is 0.159. The molecule has 0 radical (unpaired) electrons. The molecule has 0 bridgehead atoms. The molecule has 3 atom stereocenters. The van der Waals surface area contributed by atoms with Gasteiger partial charge in [0.2, 0.25) is 5.91 Å². The summed E-state index contributed by atoms with van der Waals surface area (Å²) in [6, 6.07) is 0.198. The summed E-state index contributed by atoms with van der Waals surface area (Å²) in [4.78, 5) is 13.5.